The topological polar surface area (TPSA) is 15.3 Å². The molecule has 2 heteroatoms. The molecule has 1 aromatic carbocycles. The average molecular weight is 258 g/mol. The summed E-state index contributed by atoms with van der Waals surface area (Å²) in [5.74, 6) is 0.997. The molecule has 1 unspecified atom stereocenters. The summed E-state index contributed by atoms with van der Waals surface area (Å²) in [5.41, 5.74) is 2.72. The maximum absolute atomic E-state index is 3.62. The number of rotatable bonds is 6. The van der Waals surface area contributed by atoms with E-state index in [1.54, 1.807) is 0 Å². The lowest BCUT2D eigenvalue weighted by molar-refractivity contribution is 0.331. The molecule has 1 aromatic rings. The van der Waals surface area contributed by atoms with Crippen molar-refractivity contribution in [3.63, 3.8) is 0 Å². The van der Waals surface area contributed by atoms with Gasteiger partial charge >= 0.3 is 0 Å². The molecular weight excluding hydrogens is 232 g/mol. The highest BCUT2D eigenvalue weighted by molar-refractivity contribution is 5.45. The van der Waals surface area contributed by atoms with Gasteiger partial charge in [-0.2, -0.15) is 0 Å². The summed E-state index contributed by atoms with van der Waals surface area (Å²) >= 11 is 0. The van der Waals surface area contributed by atoms with E-state index in [1.807, 2.05) is 0 Å². The van der Waals surface area contributed by atoms with Crippen LogP contribution in [0.1, 0.15) is 44.6 Å². The molecule has 0 amide bonds. The summed E-state index contributed by atoms with van der Waals surface area (Å²) in [6, 6.07) is 9.66. The minimum atomic E-state index is 0.608. The summed E-state index contributed by atoms with van der Waals surface area (Å²) in [5, 5.41) is 3.62. The molecule has 1 heterocycles. The number of hydrogen-bond acceptors (Lipinski definition) is 2. The molecule has 2 nitrogen and oxygen atoms in total. The molecule has 2 aliphatic rings. The van der Waals surface area contributed by atoms with Crippen molar-refractivity contribution in [2.24, 2.45) is 5.92 Å². The van der Waals surface area contributed by atoms with Crippen LogP contribution in [0, 0.1) is 5.92 Å². The number of hydrogen-bond donors (Lipinski definition) is 1. The first-order valence-corrected chi connectivity index (χ1v) is 7.87. The first kappa shape index (κ1) is 13.0. The molecular formula is C17H26N2. The van der Waals surface area contributed by atoms with Crippen LogP contribution in [0.25, 0.3) is 0 Å². The lowest BCUT2D eigenvalue weighted by Gasteiger charge is -2.17. The van der Waals surface area contributed by atoms with Gasteiger partial charge in [0.1, 0.15) is 0 Å². The standard InChI is InChI=1S/C17H26N2/c1-14(12-15-4-5-15)18-17-8-6-16(7-9-17)13-19-10-2-3-11-19/h6-9,14-15,18H,2-5,10-13H2,1H3. The normalized spacial score (nSPS) is 21.5. The van der Waals surface area contributed by atoms with Gasteiger partial charge in [-0.15, -0.1) is 0 Å². The Morgan fingerprint density at radius 2 is 1.84 bits per heavy atom. The van der Waals surface area contributed by atoms with E-state index in [9.17, 15) is 0 Å². The van der Waals surface area contributed by atoms with Crippen LogP contribution in [-0.4, -0.2) is 24.0 Å². The van der Waals surface area contributed by atoms with Gasteiger partial charge in [-0.3, -0.25) is 4.90 Å². The zero-order valence-corrected chi connectivity index (χ0v) is 12.1. The van der Waals surface area contributed by atoms with Gasteiger partial charge in [-0.1, -0.05) is 25.0 Å². The second-order valence-corrected chi connectivity index (χ2v) is 6.40. The second-order valence-electron chi connectivity index (χ2n) is 6.40. The predicted octanol–water partition coefficient (Wildman–Crippen LogP) is 3.88. The number of likely N-dealkylation sites (tertiary alicyclic amines) is 1. The predicted molar refractivity (Wildman–Crippen MR) is 81.4 cm³/mol. The fourth-order valence-electron chi connectivity index (χ4n) is 3.10. The SMILES string of the molecule is CC(CC1CC1)Nc1ccc(CN2CCCC2)cc1. The Balaban J connectivity index is 1.49. The molecule has 0 aromatic heterocycles. The fraction of sp³-hybridized carbons (Fsp3) is 0.647. The Morgan fingerprint density at radius 3 is 2.47 bits per heavy atom. The van der Waals surface area contributed by atoms with Crippen molar-refractivity contribution in [2.75, 3.05) is 18.4 Å². The van der Waals surface area contributed by atoms with Crippen molar-refractivity contribution < 1.29 is 0 Å². The van der Waals surface area contributed by atoms with E-state index in [-0.39, 0.29) is 0 Å². The molecule has 19 heavy (non-hydrogen) atoms. The largest absolute Gasteiger partial charge is 0.383 e. The molecule has 1 aliphatic heterocycles. The minimum absolute atomic E-state index is 0.608. The summed E-state index contributed by atoms with van der Waals surface area (Å²) in [6.45, 7) is 5.98. The van der Waals surface area contributed by atoms with Crippen LogP contribution < -0.4 is 5.32 Å². The van der Waals surface area contributed by atoms with E-state index < -0.39 is 0 Å². The quantitative estimate of drug-likeness (QED) is 0.833. The monoisotopic (exact) mass is 258 g/mol. The molecule has 1 atom stereocenters. The van der Waals surface area contributed by atoms with Gasteiger partial charge in [-0.05, 0) is 62.9 Å². The smallest absolute Gasteiger partial charge is 0.0342 e. The van der Waals surface area contributed by atoms with Crippen molar-refractivity contribution in [1.29, 1.82) is 0 Å². The Hall–Kier alpha value is -1.02. The van der Waals surface area contributed by atoms with Crippen molar-refractivity contribution in [2.45, 2.75) is 51.6 Å². The Morgan fingerprint density at radius 1 is 1.16 bits per heavy atom. The highest BCUT2D eigenvalue weighted by atomic mass is 15.1. The maximum Gasteiger partial charge on any atom is 0.0342 e. The van der Waals surface area contributed by atoms with Gasteiger partial charge in [0.2, 0.25) is 0 Å². The van der Waals surface area contributed by atoms with Crippen LogP contribution in [0.4, 0.5) is 5.69 Å². The van der Waals surface area contributed by atoms with Crippen LogP contribution in [-0.2, 0) is 6.54 Å². The van der Waals surface area contributed by atoms with Crippen LogP contribution in [0.15, 0.2) is 24.3 Å². The molecule has 3 rings (SSSR count). The van der Waals surface area contributed by atoms with Gasteiger partial charge in [0.15, 0.2) is 0 Å². The Kier molecular flexibility index (Phi) is 4.07. The maximum atomic E-state index is 3.62. The summed E-state index contributed by atoms with van der Waals surface area (Å²) in [4.78, 5) is 2.55. The third kappa shape index (κ3) is 3.97. The average Bonchev–Trinajstić information content (AvgIpc) is 3.05. The number of benzene rings is 1. The van der Waals surface area contributed by atoms with E-state index in [4.69, 9.17) is 0 Å². The van der Waals surface area contributed by atoms with Gasteiger partial charge < -0.3 is 5.32 Å². The molecule has 1 saturated heterocycles. The van der Waals surface area contributed by atoms with Crippen molar-refractivity contribution in [1.82, 2.24) is 4.90 Å². The van der Waals surface area contributed by atoms with E-state index >= 15 is 0 Å². The van der Waals surface area contributed by atoms with Crippen LogP contribution in [0.2, 0.25) is 0 Å². The van der Waals surface area contributed by atoms with Gasteiger partial charge in [0.25, 0.3) is 0 Å². The van der Waals surface area contributed by atoms with Gasteiger partial charge in [0.05, 0.1) is 0 Å². The molecule has 104 valence electrons. The fourth-order valence-corrected chi connectivity index (χ4v) is 3.10. The van der Waals surface area contributed by atoms with Crippen LogP contribution in [0.5, 0.6) is 0 Å². The number of nitrogens with zero attached hydrogens (tertiary/aromatic N) is 1. The summed E-state index contributed by atoms with van der Waals surface area (Å²) in [6.07, 6.45) is 6.97. The van der Waals surface area contributed by atoms with Crippen LogP contribution in [0.3, 0.4) is 0 Å². The summed E-state index contributed by atoms with van der Waals surface area (Å²) in [7, 11) is 0. The molecule has 1 N–H and O–H groups in total. The second kappa shape index (κ2) is 5.96. The zero-order chi connectivity index (χ0) is 13.1. The number of nitrogens with one attached hydrogen (secondary N) is 1. The molecule has 2 fully saturated rings. The Bertz CT molecular complexity index is 388. The minimum Gasteiger partial charge on any atom is -0.383 e. The molecule has 1 saturated carbocycles. The van der Waals surface area contributed by atoms with Crippen LogP contribution >= 0.6 is 0 Å². The molecule has 0 spiro atoms. The third-order valence-electron chi connectivity index (χ3n) is 4.36. The molecule has 0 radical (unpaired) electrons. The molecule has 0 bridgehead atoms. The van der Waals surface area contributed by atoms with Crippen molar-refractivity contribution >= 4 is 5.69 Å². The lowest BCUT2D eigenvalue weighted by Crippen LogP contribution is -2.18. The Labute approximate surface area is 117 Å². The van der Waals surface area contributed by atoms with E-state index in [0.717, 1.165) is 12.5 Å². The third-order valence-corrected chi connectivity index (χ3v) is 4.36. The first-order valence-electron chi connectivity index (χ1n) is 7.87. The van der Waals surface area contributed by atoms with Crippen molar-refractivity contribution in [3.8, 4) is 0 Å². The lowest BCUT2D eigenvalue weighted by atomic mass is 10.1. The van der Waals surface area contributed by atoms with E-state index in [0.29, 0.717) is 6.04 Å². The van der Waals surface area contributed by atoms with Gasteiger partial charge in [0, 0.05) is 18.3 Å². The van der Waals surface area contributed by atoms with Gasteiger partial charge in [-0.25, -0.2) is 0 Å². The van der Waals surface area contributed by atoms with E-state index in [1.165, 1.54) is 56.4 Å². The summed E-state index contributed by atoms with van der Waals surface area (Å²) < 4.78 is 0. The number of anilines is 1. The van der Waals surface area contributed by atoms with Crippen molar-refractivity contribution in [3.05, 3.63) is 29.8 Å². The first-order chi connectivity index (χ1) is 9.29. The molecule has 1 aliphatic carbocycles. The highest BCUT2D eigenvalue weighted by Gasteiger charge is 2.23. The highest BCUT2D eigenvalue weighted by Crippen LogP contribution is 2.34. The van der Waals surface area contributed by atoms with E-state index in [2.05, 4.69) is 41.4 Å². The zero-order valence-electron chi connectivity index (χ0n) is 12.1.